The number of unbranched alkanes of at least 4 members (excludes halogenated alkanes) is 2. The van der Waals surface area contributed by atoms with Crippen LogP contribution in [0.15, 0.2) is 24.3 Å². The number of amides is 2. The molecule has 0 heterocycles. The molecule has 5 heteroatoms. The van der Waals surface area contributed by atoms with Gasteiger partial charge >= 0.3 is 0 Å². The highest BCUT2D eigenvalue weighted by Crippen LogP contribution is 2.18. The van der Waals surface area contributed by atoms with Crippen LogP contribution >= 0.6 is 0 Å². The normalized spacial score (nSPS) is 11.6. The van der Waals surface area contributed by atoms with E-state index in [0.29, 0.717) is 18.6 Å². The van der Waals surface area contributed by atoms with E-state index in [4.69, 9.17) is 4.74 Å². The van der Waals surface area contributed by atoms with E-state index in [0.717, 1.165) is 24.8 Å². The first-order chi connectivity index (χ1) is 10.6. The van der Waals surface area contributed by atoms with Crippen LogP contribution in [0, 0.1) is 6.92 Å². The van der Waals surface area contributed by atoms with E-state index in [1.807, 2.05) is 38.1 Å². The predicted molar refractivity (Wildman–Crippen MR) is 86.3 cm³/mol. The number of hydrogen-bond donors (Lipinski definition) is 2. The van der Waals surface area contributed by atoms with Crippen LogP contribution < -0.4 is 15.6 Å². The summed E-state index contributed by atoms with van der Waals surface area (Å²) in [5, 5.41) is 0. The number of hydrogen-bond acceptors (Lipinski definition) is 3. The van der Waals surface area contributed by atoms with Gasteiger partial charge in [-0.2, -0.15) is 0 Å². The third-order valence-electron chi connectivity index (χ3n) is 3.36. The molecule has 1 unspecified atom stereocenters. The number of aryl methyl sites for hydroxylation is 1. The highest BCUT2D eigenvalue weighted by atomic mass is 16.5. The number of rotatable bonds is 8. The molecule has 22 heavy (non-hydrogen) atoms. The Kier molecular flexibility index (Phi) is 8.04. The first-order valence-electron chi connectivity index (χ1n) is 7.89. The monoisotopic (exact) mass is 306 g/mol. The molecule has 5 nitrogen and oxygen atoms in total. The second-order valence-electron chi connectivity index (χ2n) is 5.27. The van der Waals surface area contributed by atoms with Gasteiger partial charge in [-0.3, -0.25) is 20.4 Å². The summed E-state index contributed by atoms with van der Waals surface area (Å²) in [4.78, 5) is 23.7. The summed E-state index contributed by atoms with van der Waals surface area (Å²) in [6, 6.07) is 7.53. The Morgan fingerprint density at radius 2 is 1.86 bits per heavy atom. The van der Waals surface area contributed by atoms with Gasteiger partial charge in [0.2, 0.25) is 5.91 Å². The van der Waals surface area contributed by atoms with Gasteiger partial charge in [-0.25, -0.2) is 0 Å². The Balaban J connectivity index is 2.44. The standard InChI is InChI=1S/C17H26N2O3/c1-4-6-7-12-16(20)18-19-17(21)14(5-2)22-15-11-9-8-10-13(15)3/h8-11,14H,4-7,12H2,1-3H3,(H,18,20)(H,19,21). The quantitative estimate of drug-likeness (QED) is 0.573. The van der Waals surface area contributed by atoms with Crippen LogP contribution in [0.2, 0.25) is 0 Å². The number of carbonyl (C=O) groups is 2. The minimum Gasteiger partial charge on any atom is -0.480 e. The van der Waals surface area contributed by atoms with Crippen molar-refractivity contribution in [1.82, 2.24) is 10.9 Å². The van der Waals surface area contributed by atoms with Crippen molar-refractivity contribution in [2.75, 3.05) is 0 Å². The van der Waals surface area contributed by atoms with Crippen molar-refractivity contribution in [2.24, 2.45) is 0 Å². The topological polar surface area (TPSA) is 67.4 Å². The molecule has 2 amide bonds. The third-order valence-corrected chi connectivity index (χ3v) is 3.36. The van der Waals surface area contributed by atoms with E-state index >= 15 is 0 Å². The maximum Gasteiger partial charge on any atom is 0.279 e. The highest BCUT2D eigenvalue weighted by molar-refractivity contribution is 5.84. The Morgan fingerprint density at radius 3 is 2.50 bits per heavy atom. The fourth-order valence-electron chi connectivity index (χ4n) is 1.97. The minimum atomic E-state index is -0.628. The zero-order valence-corrected chi connectivity index (χ0v) is 13.6. The van der Waals surface area contributed by atoms with Crippen molar-refractivity contribution in [3.8, 4) is 5.75 Å². The first-order valence-corrected chi connectivity index (χ1v) is 7.89. The van der Waals surface area contributed by atoms with Gasteiger partial charge in [0.1, 0.15) is 5.75 Å². The molecule has 0 saturated heterocycles. The van der Waals surface area contributed by atoms with E-state index < -0.39 is 6.10 Å². The number of benzene rings is 1. The highest BCUT2D eigenvalue weighted by Gasteiger charge is 2.19. The second-order valence-corrected chi connectivity index (χ2v) is 5.27. The molecule has 1 rings (SSSR count). The molecule has 2 N–H and O–H groups in total. The number of nitrogens with one attached hydrogen (secondary N) is 2. The predicted octanol–water partition coefficient (Wildman–Crippen LogP) is 2.88. The summed E-state index contributed by atoms with van der Waals surface area (Å²) < 4.78 is 5.72. The van der Waals surface area contributed by atoms with Gasteiger partial charge in [0.25, 0.3) is 5.91 Å². The summed E-state index contributed by atoms with van der Waals surface area (Å²) in [6.07, 6.45) is 3.21. The van der Waals surface area contributed by atoms with Crippen LogP contribution in [-0.2, 0) is 9.59 Å². The summed E-state index contributed by atoms with van der Waals surface area (Å²) in [7, 11) is 0. The van der Waals surface area contributed by atoms with Gasteiger partial charge < -0.3 is 4.74 Å². The van der Waals surface area contributed by atoms with E-state index in [1.165, 1.54) is 0 Å². The Labute approximate surface area is 132 Å². The average molecular weight is 306 g/mol. The lowest BCUT2D eigenvalue weighted by Gasteiger charge is -2.18. The van der Waals surface area contributed by atoms with Gasteiger partial charge in [0.05, 0.1) is 0 Å². The SMILES string of the molecule is CCCCCC(=O)NNC(=O)C(CC)Oc1ccccc1C. The maximum atomic E-state index is 12.1. The summed E-state index contributed by atoms with van der Waals surface area (Å²) in [5.74, 6) is 0.168. The van der Waals surface area contributed by atoms with Crippen LogP contribution in [0.1, 0.15) is 51.5 Å². The fraction of sp³-hybridized carbons (Fsp3) is 0.529. The number of para-hydroxylation sites is 1. The largest absolute Gasteiger partial charge is 0.480 e. The Bertz CT molecular complexity index is 489. The fourth-order valence-corrected chi connectivity index (χ4v) is 1.97. The Hall–Kier alpha value is -2.04. The minimum absolute atomic E-state index is 0.174. The van der Waals surface area contributed by atoms with Crippen LogP contribution in [0.25, 0.3) is 0 Å². The van der Waals surface area contributed by atoms with Gasteiger partial charge in [-0.1, -0.05) is 44.9 Å². The molecule has 0 fully saturated rings. The van der Waals surface area contributed by atoms with E-state index in [-0.39, 0.29) is 11.8 Å². The summed E-state index contributed by atoms with van der Waals surface area (Å²) in [6.45, 7) is 5.87. The Morgan fingerprint density at radius 1 is 1.14 bits per heavy atom. The zero-order chi connectivity index (χ0) is 16.4. The molecule has 0 bridgehead atoms. The van der Waals surface area contributed by atoms with Crippen molar-refractivity contribution in [1.29, 1.82) is 0 Å². The van der Waals surface area contributed by atoms with Gasteiger partial charge in [0, 0.05) is 6.42 Å². The van der Waals surface area contributed by atoms with E-state index in [9.17, 15) is 9.59 Å². The molecular formula is C17H26N2O3. The smallest absolute Gasteiger partial charge is 0.279 e. The van der Waals surface area contributed by atoms with E-state index in [2.05, 4.69) is 17.8 Å². The molecule has 0 radical (unpaired) electrons. The lowest BCUT2D eigenvalue weighted by atomic mass is 10.2. The summed E-state index contributed by atoms with van der Waals surface area (Å²) >= 11 is 0. The molecule has 0 aliphatic rings. The van der Waals surface area contributed by atoms with Crippen molar-refractivity contribution < 1.29 is 14.3 Å². The number of carbonyl (C=O) groups excluding carboxylic acids is 2. The molecule has 1 aromatic carbocycles. The van der Waals surface area contributed by atoms with Crippen molar-refractivity contribution in [2.45, 2.75) is 59.0 Å². The third kappa shape index (κ3) is 6.16. The van der Waals surface area contributed by atoms with Crippen molar-refractivity contribution in [3.63, 3.8) is 0 Å². The molecule has 1 aromatic rings. The molecule has 0 saturated carbocycles. The van der Waals surface area contributed by atoms with Gasteiger partial charge in [-0.05, 0) is 31.4 Å². The maximum absolute atomic E-state index is 12.1. The van der Waals surface area contributed by atoms with Crippen molar-refractivity contribution >= 4 is 11.8 Å². The molecule has 0 spiro atoms. The molecule has 1 atom stereocenters. The first kappa shape index (κ1) is 18.0. The zero-order valence-electron chi connectivity index (χ0n) is 13.6. The van der Waals surface area contributed by atoms with E-state index in [1.54, 1.807) is 0 Å². The molecule has 0 aliphatic heterocycles. The lowest BCUT2D eigenvalue weighted by molar-refractivity contribution is -0.133. The van der Waals surface area contributed by atoms with Gasteiger partial charge in [0.15, 0.2) is 6.10 Å². The molecular weight excluding hydrogens is 280 g/mol. The van der Waals surface area contributed by atoms with Crippen LogP contribution in [0.3, 0.4) is 0 Å². The summed E-state index contributed by atoms with van der Waals surface area (Å²) in [5.41, 5.74) is 5.84. The van der Waals surface area contributed by atoms with Crippen LogP contribution in [0.4, 0.5) is 0 Å². The van der Waals surface area contributed by atoms with Gasteiger partial charge in [-0.15, -0.1) is 0 Å². The van der Waals surface area contributed by atoms with Crippen molar-refractivity contribution in [3.05, 3.63) is 29.8 Å². The molecule has 122 valence electrons. The lowest BCUT2D eigenvalue weighted by Crippen LogP contribution is -2.47. The van der Waals surface area contributed by atoms with Crippen LogP contribution in [0.5, 0.6) is 5.75 Å². The molecule has 0 aliphatic carbocycles. The molecule has 0 aromatic heterocycles. The number of ether oxygens (including phenoxy) is 1. The number of hydrazine groups is 1. The average Bonchev–Trinajstić information content (AvgIpc) is 2.52. The van der Waals surface area contributed by atoms with Crippen LogP contribution in [-0.4, -0.2) is 17.9 Å². The second kappa shape index (κ2) is 9.82.